The third kappa shape index (κ3) is 5.23. The molecule has 1 amide bonds. The molecule has 6 nitrogen and oxygen atoms in total. The van der Waals surface area contributed by atoms with Crippen molar-refractivity contribution in [1.82, 2.24) is 0 Å². The van der Waals surface area contributed by atoms with Crippen molar-refractivity contribution in [3.8, 4) is 16.9 Å². The summed E-state index contributed by atoms with van der Waals surface area (Å²) in [6.07, 6.45) is -4.40. The van der Waals surface area contributed by atoms with Crippen molar-refractivity contribution >= 4 is 28.8 Å². The highest BCUT2D eigenvalue weighted by Crippen LogP contribution is 2.31. The van der Waals surface area contributed by atoms with Gasteiger partial charge in [0.25, 0.3) is 5.91 Å². The average Bonchev–Trinajstić information content (AvgIpc) is 2.70. The van der Waals surface area contributed by atoms with Crippen molar-refractivity contribution in [1.29, 1.82) is 0 Å². The maximum Gasteiger partial charge on any atom is 0.416 e. The number of phenols is 1. The average molecular weight is 435 g/mol. The lowest BCUT2D eigenvalue weighted by Crippen LogP contribution is -2.22. The second-order valence-electron chi connectivity index (χ2n) is 6.24. The molecule has 0 aliphatic carbocycles. The number of hydrogen-bond acceptors (Lipinski definition) is 5. The predicted octanol–water partition coefficient (Wildman–Crippen LogP) is 4.28. The summed E-state index contributed by atoms with van der Waals surface area (Å²) in [7, 11) is 0. The van der Waals surface area contributed by atoms with E-state index >= 15 is 0 Å². The fourth-order valence-electron chi connectivity index (χ4n) is 2.67. The molecule has 0 fully saturated rings. The maximum atomic E-state index is 12.7. The Morgan fingerprint density at radius 3 is 2.07 bits per heavy atom. The second-order valence-corrected chi connectivity index (χ2v) is 7.04. The van der Waals surface area contributed by atoms with Gasteiger partial charge in [-0.15, -0.1) is 5.14 Å². The van der Waals surface area contributed by atoms with Crippen LogP contribution >= 0.6 is 0 Å². The Labute approximate surface area is 173 Å². The number of halogens is 3. The number of carbonyl (C=O) groups excluding carboxylic acids is 1. The van der Waals surface area contributed by atoms with Crippen LogP contribution in [0.25, 0.3) is 11.1 Å². The topological polar surface area (TPSA) is 110 Å². The van der Waals surface area contributed by atoms with Gasteiger partial charge in [0, 0.05) is 11.3 Å². The number of alkyl halides is 3. The van der Waals surface area contributed by atoms with Gasteiger partial charge in [-0.2, -0.15) is 17.9 Å². The molecule has 1 atom stereocenters. The van der Waals surface area contributed by atoms with Crippen LogP contribution in [-0.2, 0) is 17.7 Å². The highest BCUT2D eigenvalue weighted by molar-refractivity contribution is 7.90. The van der Waals surface area contributed by atoms with Crippen molar-refractivity contribution in [2.24, 2.45) is 5.14 Å². The SMILES string of the molecule is N[S+]([O-])Nc1cc(NC(=O)c2ccc(-c3ccc(C(F)(F)F)cc3)cc2)ccc1O. The van der Waals surface area contributed by atoms with E-state index in [2.05, 4.69) is 10.0 Å². The van der Waals surface area contributed by atoms with Crippen LogP contribution in [0.4, 0.5) is 24.5 Å². The molecule has 10 heteroatoms. The van der Waals surface area contributed by atoms with E-state index in [1.54, 1.807) is 12.1 Å². The number of nitrogens with two attached hydrogens (primary N) is 1. The first-order valence-corrected chi connectivity index (χ1v) is 9.69. The van der Waals surface area contributed by atoms with Gasteiger partial charge in [-0.1, -0.05) is 24.3 Å². The molecular weight excluding hydrogens is 419 g/mol. The Morgan fingerprint density at radius 1 is 0.967 bits per heavy atom. The largest absolute Gasteiger partial charge is 0.574 e. The highest BCUT2D eigenvalue weighted by Gasteiger charge is 2.29. The van der Waals surface area contributed by atoms with Crippen molar-refractivity contribution < 1.29 is 27.6 Å². The van der Waals surface area contributed by atoms with E-state index in [-0.39, 0.29) is 11.4 Å². The van der Waals surface area contributed by atoms with Gasteiger partial charge in [-0.3, -0.25) is 4.79 Å². The standard InChI is InChI=1S/C20H16F3N3O3S/c21-20(22,23)15-7-5-13(6-8-15)12-1-3-14(4-2-12)19(28)25-16-9-10-18(27)17(11-16)26-30(24)29/h1-11,26-27H,24H2,(H,25,28). The van der Waals surface area contributed by atoms with Crippen molar-refractivity contribution in [2.75, 3.05) is 10.0 Å². The molecule has 0 aromatic heterocycles. The molecule has 0 radical (unpaired) electrons. The molecule has 0 aliphatic rings. The summed E-state index contributed by atoms with van der Waals surface area (Å²) in [6, 6.07) is 15.2. The number of aromatic hydroxyl groups is 1. The van der Waals surface area contributed by atoms with Gasteiger partial charge in [0.05, 0.1) is 5.56 Å². The van der Waals surface area contributed by atoms with Gasteiger partial charge in [0.2, 0.25) is 0 Å². The van der Waals surface area contributed by atoms with E-state index in [1.165, 1.54) is 42.5 Å². The van der Waals surface area contributed by atoms with Crippen LogP contribution in [0.3, 0.4) is 0 Å². The van der Waals surface area contributed by atoms with Crippen LogP contribution in [-0.4, -0.2) is 15.6 Å². The molecule has 156 valence electrons. The fourth-order valence-corrected chi connectivity index (χ4v) is 3.05. The molecule has 3 aromatic rings. The summed E-state index contributed by atoms with van der Waals surface area (Å²) < 4.78 is 51.4. The molecule has 0 bridgehead atoms. The highest BCUT2D eigenvalue weighted by atomic mass is 32.2. The Bertz CT molecular complexity index is 1040. The third-order valence-corrected chi connectivity index (χ3v) is 4.58. The summed E-state index contributed by atoms with van der Waals surface area (Å²) in [5.74, 6) is -0.632. The van der Waals surface area contributed by atoms with E-state index in [4.69, 9.17) is 5.14 Å². The van der Waals surface area contributed by atoms with Crippen LogP contribution in [0.2, 0.25) is 0 Å². The number of amides is 1. The summed E-state index contributed by atoms with van der Waals surface area (Å²) in [5, 5.41) is 17.5. The number of hydrogen-bond donors (Lipinski definition) is 4. The molecule has 0 spiro atoms. The molecule has 0 heterocycles. The lowest BCUT2D eigenvalue weighted by Gasteiger charge is -2.11. The zero-order valence-corrected chi connectivity index (χ0v) is 16.1. The van der Waals surface area contributed by atoms with Gasteiger partial charge in [-0.25, -0.2) is 0 Å². The van der Waals surface area contributed by atoms with Gasteiger partial charge in [0.15, 0.2) is 11.5 Å². The first-order valence-electron chi connectivity index (χ1n) is 8.48. The molecule has 0 saturated carbocycles. The number of carbonyl (C=O) groups is 1. The number of phenolic OH excluding ortho intramolecular Hbond substituents is 1. The monoisotopic (exact) mass is 435 g/mol. The Kier molecular flexibility index (Phi) is 6.20. The zero-order chi connectivity index (χ0) is 21.9. The lowest BCUT2D eigenvalue weighted by atomic mass is 10.0. The van der Waals surface area contributed by atoms with Crippen LogP contribution in [0, 0.1) is 0 Å². The van der Waals surface area contributed by atoms with Gasteiger partial charge < -0.3 is 15.0 Å². The number of benzene rings is 3. The van der Waals surface area contributed by atoms with Gasteiger partial charge in [0.1, 0.15) is 11.4 Å². The molecule has 0 aliphatic heterocycles. The van der Waals surface area contributed by atoms with Crippen molar-refractivity contribution in [2.45, 2.75) is 6.18 Å². The van der Waals surface area contributed by atoms with Crippen molar-refractivity contribution in [3.05, 3.63) is 77.9 Å². The minimum atomic E-state index is -4.40. The maximum absolute atomic E-state index is 12.7. The predicted molar refractivity (Wildman–Crippen MR) is 109 cm³/mol. The summed E-state index contributed by atoms with van der Waals surface area (Å²) in [5.41, 5.74) is 1.24. The van der Waals surface area contributed by atoms with Crippen LogP contribution in [0.5, 0.6) is 5.75 Å². The molecule has 3 rings (SSSR count). The van der Waals surface area contributed by atoms with E-state index < -0.39 is 29.2 Å². The molecule has 0 saturated heterocycles. The molecule has 30 heavy (non-hydrogen) atoms. The van der Waals surface area contributed by atoms with E-state index in [9.17, 15) is 27.6 Å². The minimum Gasteiger partial charge on any atom is -0.574 e. The van der Waals surface area contributed by atoms with Gasteiger partial charge in [-0.05, 0) is 53.6 Å². The van der Waals surface area contributed by atoms with E-state index in [0.717, 1.165) is 12.1 Å². The summed E-state index contributed by atoms with van der Waals surface area (Å²) >= 11 is -1.90. The molecule has 3 aromatic carbocycles. The third-order valence-electron chi connectivity index (χ3n) is 4.16. The first kappa shape index (κ1) is 21.5. The number of anilines is 2. The van der Waals surface area contributed by atoms with Crippen molar-refractivity contribution in [3.63, 3.8) is 0 Å². The normalized spacial score (nSPS) is 12.3. The quantitative estimate of drug-likeness (QED) is 0.272. The molecule has 1 unspecified atom stereocenters. The number of rotatable bonds is 5. The summed E-state index contributed by atoms with van der Waals surface area (Å²) in [6.45, 7) is 0. The van der Waals surface area contributed by atoms with Gasteiger partial charge >= 0.3 is 6.18 Å². The van der Waals surface area contributed by atoms with E-state index in [0.29, 0.717) is 22.4 Å². The number of nitrogens with one attached hydrogen (secondary N) is 2. The lowest BCUT2D eigenvalue weighted by molar-refractivity contribution is -0.137. The smallest absolute Gasteiger partial charge is 0.416 e. The van der Waals surface area contributed by atoms with Crippen LogP contribution in [0.1, 0.15) is 15.9 Å². The Morgan fingerprint density at radius 2 is 1.53 bits per heavy atom. The summed E-state index contributed by atoms with van der Waals surface area (Å²) in [4.78, 5) is 12.4. The van der Waals surface area contributed by atoms with Crippen LogP contribution in [0.15, 0.2) is 66.7 Å². The zero-order valence-electron chi connectivity index (χ0n) is 15.2. The molecule has 5 N–H and O–H groups in total. The Balaban J connectivity index is 1.72. The minimum absolute atomic E-state index is 0.0892. The van der Waals surface area contributed by atoms with E-state index in [1.807, 2.05) is 0 Å². The molecular formula is C20H16F3N3O3S. The second kappa shape index (κ2) is 8.66. The Hall–Kier alpha value is -3.21. The first-order chi connectivity index (χ1) is 14.1. The fraction of sp³-hybridized carbons (Fsp3) is 0.0500. The van der Waals surface area contributed by atoms with Crippen LogP contribution < -0.4 is 15.2 Å².